The zero-order chi connectivity index (χ0) is 15.3. The van der Waals surface area contributed by atoms with Crippen molar-refractivity contribution in [3.8, 4) is 5.75 Å². The summed E-state index contributed by atoms with van der Waals surface area (Å²) in [6, 6.07) is 8.08. The van der Waals surface area contributed by atoms with Crippen LogP contribution in [-0.2, 0) is 6.42 Å². The molecule has 0 aliphatic carbocycles. The third-order valence-electron chi connectivity index (χ3n) is 2.88. The van der Waals surface area contributed by atoms with Crippen LogP contribution in [0.1, 0.15) is 5.56 Å². The number of aliphatic imine (C=N–C) groups is 1. The summed E-state index contributed by atoms with van der Waals surface area (Å²) in [6.07, 6.45) is 2.82. The van der Waals surface area contributed by atoms with Crippen molar-refractivity contribution in [2.24, 2.45) is 4.99 Å². The zero-order valence-electron chi connectivity index (χ0n) is 12.9. The summed E-state index contributed by atoms with van der Waals surface area (Å²) in [5, 5.41) is 6.61. The summed E-state index contributed by atoms with van der Waals surface area (Å²) in [6.45, 7) is 5.42. The minimum atomic E-state index is 0.819. The van der Waals surface area contributed by atoms with E-state index in [1.54, 1.807) is 14.2 Å². The molecule has 21 heavy (non-hydrogen) atoms. The Balaban J connectivity index is 2.27. The van der Waals surface area contributed by atoms with Gasteiger partial charge in [-0.05, 0) is 18.1 Å². The summed E-state index contributed by atoms with van der Waals surface area (Å²) >= 11 is 1.85. The Labute approximate surface area is 132 Å². The largest absolute Gasteiger partial charge is 0.496 e. The summed E-state index contributed by atoms with van der Waals surface area (Å²) in [5.41, 5.74) is 1.20. The molecule has 0 amide bonds. The molecule has 0 bridgehead atoms. The van der Waals surface area contributed by atoms with Gasteiger partial charge in [-0.25, -0.2) is 0 Å². The van der Waals surface area contributed by atoms with Crippen molar-refractivity contribution in [3.63, 3.8) is 0 Å². The molecule has 0 spiro atoms. The van der Waals surface area contributed by atoms with Crippen LogP contribution in [0.5, 0.6) is 5.75 Å². The highest BCUT2D eigenvalue weighted by molar-refractivity contribution is 7.99. The molecule has 0 aliphatic rings. The van der Waals surface area contributed by atoms with Crippen molar-refractivity contribution in [2.75, 3.05) is 38.8 Å². The van der Waals surface area contributed by atoms with Crippen LogP contribution in [0.15, 0.2) is 41.9 Å². The second-order valence-corrected chi connectivity index (χ2v) is 5.50. The molecule has 0 aromatic heterocycles. The van der Waals surface area contributed by atoms with E-state index in [1.165, 1.54) is 5.56 Å². The SMILES string of the molecule is C=CCSCCNC(=NC)NCCc1ccccc1OC. The fourth-order valence-electron chi connectivity index (χ4n) is 1.85. The summed E-state index contributed by atoms with van der Waals surface area (Å²) in [7, 11) is 3.49. The van der Waals surface area contributed by atoms with Gasteiger partial charge >= 0.3 is 0 Å². The van der Waals surface area contributed by atoms with Gasteiger partial charge in [0.15, 0.2) is 5.96 Å². The maximum atomic E-state index is 5.35. The lowest BCUT2D eigenvalue weighted by molar-refractivity contribution is 0.409. The highest BCUT2D eigenvalue weighted by Gasteiger charge is 2.02. The van der Waals surface area contributed by atoms with Crippen molar-refractivity contribution in [1.82, 2.24) is 10.6 Å². The van der Waals surface area contributed by atoms with Gasteiger partial charge in [0.25, 0.3) is 0 Å². The average molecular weight is 307 g/mol. The fraction of sp³-hybridized carbons (Fsp3) is 0.438. The molecule has 2 N–H and O–H groups in total. The number of guanidine groups is 1. The molecule has 1 aromatic rings. The molecule has 0 saturated carbocycles. The maximum absolute atomic E-state index is 5.35. The van der Waals surface area contributed by atoms with Gasteiger partial charge in [-0.15, -0.1) is 6.58 Å². The normalized spacial score (nSPS) is 11.0. The zero-order valence-corrected chi connectivity index (χ0v) is 13.7. The Bertz CT molecular complexity index is 449. The van der Waals surface area contributed by atoms with E-state index in [9.17, 15) is 0 Å². The number of hydrogen-bond acceptors (Lipinski definition) is 3. The van der Waals surface area contributed by atoms with Crippen LogP contribution in [0.2, 0.25) is 0 Å². The Morgan fingerprint density at radius 2 is 2.10 bits per heavy atom. The topological polar surface area (TPSA) is 45.7 Å². The van der Waals surface area contributed by atoms with Crippen molar-refractivity contribution in [3.05, 3.63) is 42.5 Å². The van der Waals surface area contributed by atoms with E-state index in [4.69, 9.17) is 4.74 Å². The van der Waals surface area contributed by atoms with Gasteiger partial charge in [0.1, 0.15) is 5.75 Å². The first-order valence-corrected chi connectivity index (χ1v) is 8.22. The summed E-state index contributed by atoms with van der Waals surface area (Å²) in [5.74, 6) is 3.80. The van der Waals surface area contributed by atoms with Crippen LogP contribution < -0.4 is 15.4 Å². The Morgan fingerprint density at radius 1 is 1.33 bits per heavy atom. The number of thioether (sulfide) groups is 1. The van der Waals surface area contributed by atoms with Gasteiger partial charge in [-0.2, -0.15) is 11.8 Å². The van der Waals surface area contributed by atoms with E-state index >= 15 is 0 Å². The smallest absolute Gasteiger partial charge is 0.191 e. The van der Waals surface area contributed by atoms with Crippen LogP contribution in [0.25, 0.3) is 0 Å². The van der Waals surface area contributed by atoms with E-state index in [2.05, 4.69) is 28.3 Å². The standard InChI is InChI=1S/C16H25N3OS/c1-4-12-21-13-11-19-16(17-2)18-10-9-14-7-5-6-8-15(14)20-3/h4-8H,1,9-13H2,2-3H3,(H2,17,18,19). The highest BCUT2D eigenvalue weighted by Crippen LogP contribution is 2.17. The van der Waals surface area contributed by atoms with Gasteiger partial charge in [0, 0.05) is 31.6 Å². The Kier molecular flexibility index (Phi) is 9.20. The van der Waals surface area contributed by atoms with Crippen LogP contribution in [0.3, 0.4) is 0 Å². The van der Waals surface area contributed by atoms with Gasteiger partial charge in [0.05, 0.1) is 7.11 Å². The van der Waals surface area contributed by atoms with Gasteiger partial charge < -0.3 is 15.4 Å². The van der Waals surface area contributed by atoms with Crippen molar-refractivity contribution in [1.29, 1.82) is 0 Å². The summed E-state index contributed by atoms with van der Waals surface area (Å²) < 4.78 is 5.35. The molecule has 0 fully saturated rings. The van der Waals surface area contributed by atoms with Crippen LogP contribution in [0.4, 0.5) is 0 Å². The lowest BCUT2D eigenvalue weighted by atomic mass is 10.1. The van der Waals surface area contributed by atoms with Crippen molar-refractivity contribution < 1.29 is 4.74 Å². The molecule has 5 heteroatoms. The van der Waals surface area contributed by atoms with E-state index in [0.717, 1.165) is 42.7 Å². The quantitative estimate of drug-likeness (QED) is 0.318. The maximum Gasteiger partial charge on any atom is 0.191 e. The molecule has 0 aliphatic heterocycles. The highest BCUT2D eigenvalue weighted by atomic mass is 32.2. The van der Waals surface area contributed by atoms with E-state index in [1.807, 2.05) is 36.0 Å². The van der Waals surface area contributed by atoms with Gasteiger partial charge in [0.2, 0.25) is 0 Å². The first kappa shape index (κ1) is 17.4. The number of benzene rings is 1. The van der Waals surface area contributed by atoms with Crippen molar-refractivity contribution >= 4 is 17.7 Å². The number of ether oxygens (including phenoxy) is 1. The predicted octanol–water partition coefficient (Wildman–Crippen LogP) is 2.32. The Morgan fingerprint density at radius 3 is 2.81 bits per heavy atom. The number of hydrogen-bond donors (Lipinski definition) is 2. The molecular formula is C16H25N3OS. The number of nitrogens with one attached hydrogen (secondary N) is 2. The Hall–Kier alpha value is -1.62. The molecule has 0 heterocycles. The fourth-order valence-corrected chi connectivity index (χ4v) is 2.43. The third-order valence-corrected chi connectivity index (χ3v) is 3.84. The summed E-state index contributed by atoms with van der Waals surface area (Å²) in [4.78, 5) is 4.21. The lowest BCUT2D eigenvalue weighted by Gasteiger charge is -2.12. The number of para-hydroxylation sites is 1. The number of methoxy groups -OCH3 is 1. The number of rotatable bonds is 9. The average Bonchev–Trinajstić information content (AvgIpc) is 2.53. The minimum absolute atomic E-state index is 0.819. The first-order valence-electron chi connectivity index (χ1n) is 7.07. The molecule has 0 unspecified atom stereocenters. The molecular weight excluding hydrogens is 282 g/mol. The van der Waals surface area contributed by atoms with Crippen molar-refractivity contribution in [2.45, 2.75) is 6.42 Å². The van der Waals surface area contributed by atoms with Crippen LogP contribution in [0, 0.1) is 0 Å². The monoisotopic (exact) mass is 307 g/mol. The van der Waals surface area contributed by atoms with Gasteiger partial charge in [-0.1, -0.05) is 24.3 Å². The molecule has 116 valence electrons. The van der Waals surface area contributed by atoms with E-state index < -0.39 is 0 Å². The van der Waals surface area contributed by atoms with E-state index in [-0.39, 0.29) is 0 Å². The molecule has 0 radical (unpaired) electrons. The molecule has 1 aromatic carbocycles. The van der Waals surface area contributed by atoms with Crippen LogP contribution >= 0.6 is 11.8 Å². The molecule has 0 saturated heterocycles. The second-order valence-electron chi connectivity index (χ2n) is 4.35. The first-order chi connectivity index (χ1) is 10.3. The lowest BCUT2D eigenvalue weighted by Crippen LogP contribution is -2.39. The molecule has 0 atom stereocenters. The van der Waals surface area contributed by atoms with E-state index in [0.29, 0.717) is 0 Å². The number of nitrogens with zero attached hydrogens (tertiary/aromatic N) is 1. The molecule has 4 nitrogen and oxygen atoms in total. The molecule has 1 rings (SSSR count). The van der Waals surface area contributed by atoms with Crippen LogP contribution in [-0.4, -0.2) is 44.7 Å². The third kappa shape index (κ3) is 7.09. The minimum Gasteiger partial charge on any atom is -0.496 e. The van der Waals surface area contributed by atoms with Gasteiger partial charge in [-0.3, -0.25) is 4.99 Å². The second kappa shape index (κ2) is 11.1. The predicted molar refractivity (Wildman–Crippen MR) is 93.6 cm³/mol.